The van der Waals surface area contributed by atoms with Crippen LogP contribution >= 0.6 is 0 Å². The lowest BCUT2D eigenvalue weighted by Gasteiger charge is -2.10. The van der Waals surface area contributed by atoms with E-state index in [1.165, 1.54) is 11.1 Å². The SMILES string of the molecule is CC(C)Oc1ccc(CNCCc2ccccc2)cc1. The van der Waals surface area contributed by atoms with Gasteiger partial charge >= 0.3 is 0 Å². The Labute approximate surface area is 121 Å². The number of hydrogen-bond donors (Lipinski definition) is 1. The second-order valence-electron chi connectivity index (χ2n) is 5.22. The van der Waals surface area contributed by atoms with E-state index >= 15 is 0 Å². The van der Waals surface area contributed by atoms with Gasteiger partial charge < -0.3 is 10.1 Å². The van der Waals surface area contributed by atoms with E-state index in [2.05, 4.69) is 47.8 Å². The fraction of sp³-hybridized carbons (Fsp3) is 0.333. The second kappa shape index (κ2) is 7.71. The minimum absolute atomic E-state index is 0.227. The minimum atomic E-state index is 0.227. The third-order valence-electron chi connectivity index (χ3n) is 3.06. The zero-order valence-corrected chi connectivity index (χ0v) is 12.3. The molecule has 0 bridgehead atoms. The summed E-state index contributed by atoms with van der Waals surface area (Å²) >= 11 is 0. The van der Waals surface area contributed by atoms with Crippen molar-refractivity contribution in [2.24, 2.45) is 0 Å². The molecule has 0 saturated heterocycles. The summed E-state index contributed by atoms with van der Waals surface area (Å²) in [6.45, 7) is 5.97. The van der Waals surface area contributed by atoms with Crippen LogP contribution < -0.4 is 10.1 Å². The van der Waals surface area contributed by atoms with Crippen LogP contribution in [0.25, 0.3) is 0 Å². The molecule has 0 spiro atoms. The van der Waals surface area contributed by atoms with Gasteiger partial charge in [0.25, 0.3) is 0 Å². The Morgan fingerprint density at radius 3 is 2.25 bits per heavy atom. The molecule has 1 N–H and O–H groups in total. The van der Waals surface area contributed by atoms with Gasteiger partial charge in [0.1, 0.15) is 5.75 Å². The van der Waals surface area contributed by atoms with Crippen molar-refractivity contribution in [2.75, 3.05) is 6.54 Å². The summed E-state index contributed by atoms with van der Waals surface area (Å²) in [6.07, 6.45) is 1.29. The van der Waals surface area contributed by atoms with Gasteiger partial charge in [0.15, 0.2) is 0 Å². The maximum atomic E-state index is 5.63. The third-order valence-corrected chi connectivity index (χ3v) is 3.06. The highest BCUT2D eigenvalue weighted by Gasteiger charge is 1.98. The van der Waals surface area contributed by atoms with Crippen molar-refractivity contribution in [1.82, 2.24) is 5.32 Å². The van der Waals surface area contributed by atoms with E-state index in [0.29, 0.717) is 0 Å². The van der Waals surface area contributed by atoms with Crippen molar-refractivity contribution in [2.45, 2.75) is 32.9 Å². The fourth-order valence-electron chi connectivity index (χ4n) is 2.07. The molecule has 0 heterocycles. The molecule has 2 aromatic carbocycles. The van der Waals surface area contributed by atoms with Crippen LogP contribution in [0.5, 0.6) is 5.75 Å². The zero-order chi connectivity index (χ0) is 14.2. The summed E-state index contributed by atoms with van der Waals surface area (Å²) in [5.41, 5.74) is 2.66. The Hall–Kier alpha value is -1.80. The lowest BCUT2D eigenvalue weighted by Crippen LogP contribution is -2.16. The molecule has 0 fully saturated rings. The molecule has 20 heavy (non-hydrogen) atoms. The first kappa shape index (κ1) is 14.6. The molecule has 0 aliphatic rings. The summed E-state index contributed by atoms with van der Waals surface area (Å²) < 4.78 is 5.63. The second-order valence-corrected chi connectivity index (χ2v) is 5.22. The third kappa shape index (κ3) is 5.06. The van der Waals surface area contributed by atoms with Crippen molar-refractivity contribution in [3.8, 4) is 5.75 Å². The monoisotopic (exact) mass is 269 g/mol. The highest BCUT2D eigenvalue weighted by atomic mass is 16.5. The van der Waals surface area contributed by atoms with Crippen LogP contribution in [-0.2, 0) is 13.0 Å². The topological polar surface area (TPSA) is 21.3 Å². The molecule has 0 unspecified atom stereocenters. The van der Waals surface area contributed by atoms with Crippen molar-refractivity contribution < 1.29 is 4.74 Å². The number of ether oxygens (including phenoxy) is 1. The first-order chi connectivity index (χ1) is 9.74. The standard InChI is InChI=1S/C18H23NO/c1-15(2)20-18-10-8-17(9-11-18)14-19-13-12-16-6-4-3-5-7-16/h3-11,15,19H,12-14H2,1-2H3. The van der Waals surface area contributed by atoms with Crippen LogP contribution in [0.3, 0.4) is 0 Å². The van der Waals surface area contributed by atoms with E-state index in [4.69, 9.17) is 4.74 Å². The number of hydrogen-bond acceptors (Lipinski definition) is 2. The van der Waals surface area contributed by atoms with Crippen LogP contribution in [0.2, 0.25) is 0 Å². The quantitative estimate of drug-likeness (QED) is 0.772. The number of nitrogens with one attached hydrogen (secondary N) is 1. The van der Waals surface area contributed by atoms with Crippen molar-refractivity contribution in [1.29, 1.82) is 0 Å². The van der Waals surface area contributed by atoms with Crippen molar-refractivity contribution in [3.05, 3.63) is 65.7 Å². The van der Waals surface area contributed by atoms with Gasteiger partial charge in [0.05, 0.1) is 6.10 Å². The summed E-state index contributed by atoms with van der Waals surface area (Å²) in [7, 11) is 0. The number of rotatable bonds is 7. The van der Waals surface area contributed by atoms with Gasteiger partial charge in [-0.15, -0.1) is 0 Å². The molecular formula is C18H23NO. The van der Waals surface area contributed by atoms with Crippen LogP contribution in [0.1, 0.15) is 25.0 Å². The highest BCUT2D eigenvalue weighted by molar-refractivity contribution is 5.27. The van der Waals surface area contributed by atoms with Crippen molar-refractivity contribution in [3.63, 3.8) is 0 Å². The van der Waals surface area contributed by atoms with Gasteiger partial charge in [-0.2, -0.15) is 0 Å². The minimum Gasteiger partial charge on any atom is -0.491 e. The summed E-state index contributed by atoms with van der Waals surface area (Å²) in [5, 5.41) is 3.47. The molecule has 2 nitrogen and oxygen atoms in total. The summed E-state index contributed by atoms with van der Waals surface area (Å²) in [4.78, 5) is 0. The molecule has 0 aromatic heterocycles. The van der Waals surface area contributed by atoms with Gasteiger partial charge in [-0.25, -0.2) is 0 Å². The van der Waals surface area contributed by atoms with E-state index in [0.717, 1.165) is 25.3 Å². The van der Waals surface area contributed by atoms with Crippen LogP contribution in [0, 0.1) is 0 Å². The van der Waals surface area contributed by atoms with Crippen molar-refractivity contribution >= 4 is 0 Å². The van der Waals surface area contributed by atoms with E-state index in [9.17, 15) is 0 Å². The molecule has 0 saturated carbocycles. The zero-order valence-electron chi connectivity index (χ0n) is 12.3. The number of benzene rings is 2. The predicted molar refractivity (Wildman–Crippen MR) is 84.1 cm³/mol. The van der Waals surface area contributed by atoms with Gasteiger partial charge in [0.2, 0.25) is 0 Å². The predicted octanol–water partition coefficient (Wildman–Crippen LogP) is 3.81. The molecule has 2 heteroatoms. The van der Waals surface area contributed by atoms with Crippen LogP contribution in [-0.4, -0.2) is 12.6 Å². The summed E-state index contributed by atoms with van der Waals surface area (Å²) in [6, 6.07) is 18.9. The highest BCUT2D eigenvalue weighted by Crippen LogP contribution is 2.13. The molecule has 0 radical (unpaired) electrons. The lowest BCUT2D eigenvalue weighted by molar-refractivity contribution is 0.242. The maximum absolute atomic E-state index is 5.63. The first-order valence-electron chi connectivity index (χ1n) is 7.24. The molecule has 0 aliphatic heterocycles. The Bertz CT molecular complexity index is 491. The molecule has 2 aromatic rings. The van der Waals surface area contributed by atoms with Crippen LogP contribution in [0.4, 0.5) is 0 Å². The molecule has 0 amide bonds. The summed E-state index contributed by atoms with van der Waals surface area (Å²) in [5.74, 6) is 0.938. The van der Waals surface area contributed by atoms with Gasteiger partial charge in [-0.3, -0.25) is 0 Å². The largest absolute Gasteiger partial charge is 0.491 e. The van der Waals surface area contributed by atoms with Gasteiger partial charge in [-0.1, -0.05) is 42.5 Å². The first-order valence-corrected chi connectivity index (χ1v) is 7.24. The van der Waals surface area contributed by atoms with E-state index in [1.54, 1.807) is 0 Å². The lowest BCUT2D eigenvalue weighted by atomic mass is 10.1. The van der Waals surface area contributed by atoms with Gasteiger partial charge in [0, 0.05) is 6.54 Å². The molecule has 2 rings (SSSR count). The normalized spacial score (nSPS) is 10.8. The maximum Gasteiger partial charge on any atom is 0.119 e. The molecule has 0 aliphatic carbocycles. The fourth-order valence-corrected chi connectivity index (χ4v) is 2.07. The van der Waals surface area contributed by atoms with Gasteiger partial charge in [-0.05, 0) is 50.1 Å². The van der Waals surface area contributed by atoms with E-state index in [1.807, 2.05) is 26.0 Å². The average Bonchev–Trinajstić information content (AvgIpc) is 2.46. The molecular weight excluding hydrogens is 246 g/mol. The Morgan fingerprint density at radius 1 is 0.900 bits per heavy atom. The van der Waals surface area contributed by atoms with E-state index in [-0.39, 0.29) is 6.10 Å². The smallest absolute Gasteiger partial charge is 0.119 e. The Kier molecular flexibility index (Phi) is 5.63. The Balaban J connectivity index is 1.71. The molecule has 106 valence electrons. The average molecular weight is 269 g/mol. The Morgan fingerprint density at radius 2 is 1.60 bits per heavy atom. The molecule has 0 atom stereocenters. The van der Waals surface area contributed by atoms with E-state index < -0.39 is 0 Å². The van der Waals surface area contributed by atoms with Crippen LogP contribution in [0.15, 0.2) is 54.6 Å².